The number of carbonyl (C=O) groups excluding carboxylic acids is 3. The third-order valence-corrected chi connectivity index (χ3v) is 4.63. The second kappa shape index (κ2) is 11.4. The van der Waals surface area contributed by atoms with Gasteiger partial charge in [-0.05, 0) is 17.9 Å². The SMILES string of the molecule is CC(C)C[C@H](N[C-]=O)C(=O)NCC1(NCC(=O)OCc2ccccc2)CNC1.[Fm]. The van der Waals surface area contributed by atoms with Crippen LogP contribution in [0.1, 0.15) is 25.8 Å². The third-order valence-electron chi connectivity index (χ3n) is 4.63. The normalized spacial score (nSPS) is 15.4. The van der Waals surface area contributed by atoms with E-state index in [-0.39, 0.29) is 30.9 Å². The van der Waals surface area contributed by atoms with Gasteiger partial charge in [-0.1, -0.05) is 44.2 Å². The van der Waals surface area contributed by atoms with E-state index in [1.54, 1.807) is 6.41 Å². The summed E-state index contributed by atoms with van der Waals surface area (Å²) in [6, 6.07) is 8.87. The maximum atomic E-state index is 12.4. The van der Waals surface area contributed by atoms with Crippen LogP contribution in [0.25, 0.3) is 0 Å². The van der Waals surface area contributed by atoms with E-state index in [0.717, 1.165) is 5.56 Å². The topological polar surface area (TPSA) is 109 Å². The number of amides is 2. The molecule has 4 N–H and O–H groups in total. The fourth-order valence-corrected chi connectivity index (χ4v) is 2.94. The molecule has 166 valence electrons. The predicted molar refractivity (Wildman–Crippen MR) is 105 cm³/mol. The summed E-state index contributed by atoms with van der Waals surface area (Å²) in [6.45, 7) is 5.84. The molecule has 1 aliphatic rings. The summed E-state index contributed by atoms with van der Waals surface area (Å²) in [5.74, 6) is -0.346. The molecular formula is C20H29FmN4O4-. The van der Waals surface area contributed by atoms with E-state index >= 15 is 0 Å². The minimum atomic E-state index is -0.613. The van der Waals surface area contributed by atoms with E-state index in [1.807, 2.05) is 44.2 Å². The number of nitrogens with one attached hydrogen (secondary N) is 4. The van der Waals surface area contributed by atoms with Crippen LogP contribution in [-0.2, 0) is 25.7 Å². The summed E-state index contributed by atoms with van der Waals surface area (Å²) in [5, 5.41) is 11.6. The van der Waals surface area contributed by atoms with Crippen molar-refractivity contribution in [2.75, 3.05) is 26.2 Å². The second-order valence-corrected chi connectivity index (χ2v) is 7.53. The van der Waals surface area contributed by atoms with Gasteiger partial charge in [-0.15, -0.1) is 0 Å². The van der Waals surface area contributed by atoms with Crippen LogP contribution >= 0.6 is 0 Å². The molecule has 2 rings (SSSR count). The van der Waals surface area contributed by atoms with Crippen LogP contribution in [0.5, 0.6) is 0 Å². The first kappa shape index (κ1) is 23.6. The molecule has 8 nitrogen and oxygen atoms in total. The average Bonchev–Trinajstić information content (AvgIpc) is 2.65. The maximum Gasteiger partial charge on any atom is 0.320 e. The Balaban J connectivity index is 0.00000420. The molecule has 2 amide bonds. The summed E-state index contributed by atoms with van der Waals surface area (Å²) in [7, 11) is 0. The van der Waals surface area contributed by atoms with E-state index in [9.17, 15) is 14.4 Å². The van der Waals surface area contributed by atoms with Crippen molar-refractivity contribution in [3.05, 3.63) is 35.9 Å². The van der Waals surface area contributed by atoms with Gasteiger partial charge in [-0.2, -0.15) is 6.41 Å². The molecule has 0 aromatic heterocycles. The number of rotatable bonds is 12. The molecule has 1 atom stereocenters. The van der Waals surface area contributed by atoms with Crippen molar-refractivity contribution in [2.45, 2.75) is 38.5 Å². The quantitative estimate of drug-likeness (QED) is 0.143. The zero-order chi connectivity index (χ0) is 20.4. The second-order valence-electron chi connectivity index (χ2n) is 7.53. The van der Waals surface area contributed by atoms with Crippen molar-refractivity contribution in [1.82, 2.24) is 21.3 Å². The molecule has 29 heavy (non-hydrogen) atoms. The van der Waals surface area contributed by atoms with Gasteiger partial charge in [0.25, 0.3) is 0 Å². The Kier molecular flexibility index (Phi) is 9.28. The molecule has 1 aromatic rings. The van der Waals surface area contributed by atoms with Gasteiger partial charge in [-0.25, -0.2) is 0 Å². The van der Waals surface area contributed by atoms with Crippen molar-refractivity contribution in [3.8, 4) is 0 Å². The van der Waals surface area contributed by atoms with Gasteiger partial charge in [0.15, 0.2) is 0 Å². The number of ether oxygens (including phenoxy) is 1. The van der Waals surface area contributed by atoms with Crippen LogP contribution in [0.4, 0.5) is 0 Å². The molecule has 1 heterocycles. The Labute approximate surface area is 165 Å². The number of hydrogen-bond donors (Lipinski definition) is 4. The first-order valence-electron chi connectivity index (χ1n) is 9.50. The zero-order valence-corrected chi connectivity index (χ0v) is 19.1. The minimum Gasteiger partial charge on any atom is -0.520 e. The molecule has 0 unspecified atom stereocenters. The predicted octanol–water partition coefficient (Wildman–Crippen LogP) is -0.151. The Morgan fingerprint density at radius 2 is 1.93 bits per heavy atom. The molecule has 1 aromatic carbocycles. The van der Waals surface area contributed by atoms with Gasteiger partial charge in [0, 0.05) is 19.6 Å². The van der Waals surface area contributed by atoms with Crippen molar-refractivity contribution >= 4 is 18.3 Å². The van der Waals surface area contributed by atoms with Crippen molar-refractivity contribution in [3.63, 3.8) is 0 Å². The Morgan fingerprint density at radius 1 is 1.24 bits per heavy atom. The van der Waals surface area contributed by atoms with Crippen LogP contribution in [0.2, 0.25) is 0 Å². The maximum absolute atomic E-state index is 12.4. The Hall–Kier alpha value is -3.45. The third kappa shape index (κ3) is 7.59. The van der Waals surface area contributed by atoms with Gasteiger partial charge in [0.2, 0.25) is 5.91 Å². The van der Waals surface area contributed by atoms with Gasteiger partial charge >= 0.3 is 5.97 Å². The van der Waals surface area contributed by atoms with E-state index < -0.39 is 11.6 Å². The molecule has 9 heteroatoms. The first-order chi connectivity index (χ1) is 13.4. The summed E-state index contributed by atoms with van der Waals surface area (Å²) >= 11 is 0. The van der Waals surface area contributed by atoms with Crippen molar-refractivity contribution < 1.29 is 19.1 Å². The average molecular weight is 646 g/mol. The van der Waals surface area contributed by atoms with Crippen LogP contribution < -0.4 is 21.3 Å². The molecule has 1 aliphatic heterocycles. The molecule has 0 bridgehead atoms. The van der Waals surface area contributed by atoms with E-state index in [4.69, 9.17) is 4.74 Å². The monoisotopic (exact) mass is 646 g/mol. The largest absolute Gasteiger partial charge is 0.520 e. The van der Waals surface area contributed by atoms with E-state index in [2.05, 4.69) is 21.3 Å². The number of carbonyl (C=O) groups is 2. The molecule has 0 radical (unpaired) electrons. The molecule has 0 aliphatic carbocycles. The Bertz CT molecular complexity index is 653. The van der Waals surface area contributed by atoms with E-state index in [1.165, 1.54) is 0 Å². The van der Waals surface area contributed by atoms with Gasteiger partial charge < -0.3 is 25.5 Å². The van der Waals surface area contributed by atoms with Crippen LogP contribution in [0.15, 0.2) is 30.3 Å². The van der Waals surface area contributed by atoms with E-state index in [0.29, 0.717) is 26.1 Å². The number of benzene rings is 1. The Morgan fingerprint density at radius 3 is 2.48 bits per heavy atom. The summed E-state index contributed by atoms with van der Waals surface area (Å²) in [5.41, 5.74) is 0.521. The van der Waals surface area contributed by atoms with Gasteiger partial charge in [0.1, 0.15) is 6.61 Å². The van der Waals surface area contributed by atoms with Crippen LogP contribution in [0, 0.1) is 5.92 Å². The van der Waals surface area contributed by atoms with Crippen LogP contribution in [0.3, 0.4) is 0 Å². The fraction of sp³-hybridized carbons (Fsp3) is 0.550. The fourth-order valence-electron chi connectivity index (χ4n) is 2.94. The van der Waals surface area contributed by atoms with Gasteiger partial charge in [-0.3, -0.25) is 14.9 Å². The summed E-state index contributed by atoms with van der Waals surface area (Å²) in [4.78, 5) is 35.0. The minimum absolute atomic E-state index is 0. The molecule has 0 spiro atoms. The molecular weight excluding hydrogens is 617 g/mol. The number of hydrogen-bond acceptors (Lipinski definition) is 6. The zero-order valence-electron chi connectivity index (χ0n) is 16.7. The van der Waals surface area contributed by atoms with Crippen LogP contribution in [-0.4, -0.2) is 56.0 Å². The standard InChI is InChI=1S/C20H29N4O4.Fm/c1-15(2)8-17(23-14-25)19(27)22-13-20(11-21-12-20)24-9-18(26)28-10-16-6-4-3-5-7-16;/h3-7,15,17,21,24H,8-13H2,1-2H3,(H,22,27)(H,23,25);/q-1;/t17-;/m0./s1. The van der Waals surface area contributed by atoms with Crippen molar-refractivity contribution in [1.29, 1.82) is 0 Å². The van der Waals surface area contributed by atoms with Crippen molar-refractivity contribution in [2.24, 2.45) is 5.92 Å². The smallest absolute Gasteiger partial charge is 0.320 e. The molecule has 1 fully saturated rings. The summed E-state index contributed by atoms with van der Waals surface area (Å²) < 4.78 is 5.27. The van der Waals surface area contributed by atoms with Gasteiger partial charge in [0.05, 0.1) is 18.1 Å². The number of esters is 1. The first-order valence-corrected chi connectivity index (χ1v) is 9.50. The molecule has 0 saturated carbocycles. The summed E-state index contributed by atoms with van der Waals surface area (Å²) in [6.07, 6.45) is 2.13. The molecule has 1 saturated heterocycles.